The van der Waals surface area contributed by atoms with Crippen LogP contribution in [0, 0.1) is 5.92 Å². The molecule has 0 aliphatic heterocycles. The number of rotatable bonds is 8. The highest BCUT2D eigenvalue weighted by atomic mass is 32.2. The van der Waals surface area contributed by atoms with Gasteiger partial charge in [-0.1, -0.05) is 13.8 Å². The number of carbonyl (C=O) groups excluding carboxylic acids is 2. The molecule has 174 valence electrons. The van der Waals surface area contributed by atoms with Gasteiger partial charge >= 0.3 is 5.97 Å². The smallest absolute Gasteiger partial charge is 0.324 e. The second-order valence-corrected chi connectivity index (χ2v) is 11.2. The van der Waals surface area contributed by atoms with Gasteiger partial charge in [0, 0.05) is 16.1 Å². The third kappa shape index (κ3) is 7.36. The van der Waals surface area contributed by atoms with Gasteiger partial charge in [-0.25, -0.2) is 8.42 Å². The molecule has 1 amide bonds. The van der Waals surface area contributed by atoms with Gasteiger partial charge < -0.3 is 10.1 Å². The van der Waals surface area contributed by atoms with Gasteiger partial charge in [0.25, 0.3) is 5.91 Å². The zero-order valence-electron chi connectivity index (χ0n) is 19.1. The molecule has 2 aromatic carbocycles. The fourth-order valence-corrected chi connectivity index (χ4v) is 4.46. The van der Waals surface area contributed by atoms with Crippen molar-refractivity contribution in [3.8, 4) is 0 Å². The van der Waals surface area contributed by atoms with E-state index in [0.717, 1.165) is 4.90 Å². The Kier molecular flexibility index (Phi) is 8.50. The highest BCUT2D eigenvalue weighted by Crippen LogP contribution is 2.19. The maximum Gasteiger partial charge on any atom is 0.324 e. The molecule has 0 spiro atoms. The van der Waals surface area contributed by atoms with E-state index in [1.807, 2.05) is 18.4 Å². The molecule has 1 atom stereocenters. The minimum atomic E-state index is -3.98. The Morgan fingerprint density at radius 3 is 2.00 bits per heavy atom. The van der Waals surface area contributed by atoms with E-state index in [4.69, 9.17) is 4.74 Å². The third-order valence-electron chi connectivity index (χ3n) is 4.38. The summed E-state index contributed by atoms with van der Waals surface area (Å²) in [5, 5.41) is 2.74. The average molecular weight is 479 g/mol. The van der Waals surface area contributed by atoms with Crippen LogP contribution in [0.1, 0.15) is 45.0 Å². The Bertz CT molecular complexity index is 1040. The second kappa shape index (κ2) is 10.5. The number of carbonyl (C=O) groups is 2. The first-order valence-corrected chi connectivity index (χ1v) is 12.8. The summed E-state index contributed by atoms with van der Waals surface area (Å²) in [5.74, 6) is -1.24. The van der Waals surface area contributed by atoms with E-state index in [1.165, 1.54) is 24.3 Å². The van der Waals surface area contributed by atoms with Crippen molar-refractivity contribution in [1.82, 2.24) is 4.72 Å². The van der Waals surface area contributed by atoms with E-state index < -0.39 is 27.6 Å². The summed E-state index contributed by atoms with van der Waals surface area (Å²) in [5.41, 5.74) is 0.222. The molecule has 0 aliphatic rings. The van der Waals surface area contributed by atoms with E-state index in [2.05, 4.69) is 10.0 Å². The summed E-state index contributed by atoms with van der Waals surface area (Å²) < 4.78 is 33.4. The van der Waals surface area contributed by atoms with Crippen LogP contribution in [0.2, 0.25) is 0 Å². The number of ether oxygens (including phenoxy) is 1. The second-order valence-electron chi connectivity index (χ2n) is 8.58. The lowest BCUT2D eigenvalue weighted by Crippen LogP contribution is -2.47. The van der Waals surface area contributed by atoms with Crippen molar-refractivity contribution in [2.24, 2.45) is 5.92 Å². The molecule has 0 radical (unpaired) electrons. The number of esters is 1. The first-order chi connectivity index (χ1) is 14.8. The van der Waals surface area contributed by atoms with Gasteiger partial charge in [-0.15, -0.1) is 11.8 Å². The van der Waals surface area contributed by atoms with Crippen molar-refractivity contribution in [2.75, 3.05) is 11.6 Å². The zero-order valence-corrected chi connectivity index (χ0v) is 20.8. The summed E-state index contributed by atoms with van der Waals surface area (Å²) in [6.45, 7) is 8.64. The molecule has 2 N–H and O–H groups in total. The molecule has 2 aromatic rings. The van der Waals surface area contributed by atoms with Crippen LogP contribution in [0.25, 0.3) is 0 Å². The van der Waals surface area contributed by atoms with Crippen molar-refractivity contribution >= 4 is 39.3 Å². The molecule has 32 heavy (non-hydrogen) atoms. The molecule has 1 unspecified atom stereocenters. The lowest BCUT2D eigenvalue weighted by atomic mass is 10.1. The van der Waals surface area contributed by atoms with Crippen molar-refractivity contribution in [3.63, 3.8) is 0 Å². The van der Waals surface area contributed by atoms with Crippen molar-refractivity contribution in [2.45, 2.75) is 56.1 Å². The molecule has 0 saturated carbocycles. The van der Waals surface area contributed by atoms with Gasteiger partial charge in [0.05, 0.1) is 4.90 Å². The number of anilines is 1. The molecule has 2 rings (SSSR count). The minimum absolute atomic E-state index is 0.0194. The topological polar surface area (TPSA) is 102 Å². The van der Waals surface area contributed by atoms with E-state index in [0.29, 0.717) is 11.3 Å². The summed E-state index contributed by atoms with van der Waals surface area (Å²) in [6, 6.07) is 11.9. The number of thioether (sulfide) groups is 1. The fraction of sp³-hybridized carbons (Fsp3) is 0.391. The van der Waals surface area contributed by atoms with Gasteiger partial charge in [0.2, 0.25) is 10.0 Å². The minimum Gasteiger partial charge on any atom is -0.459 e. The predicted molar refractivity (Wildman–Crippen MR) is 127 cm³/mol. The quantitative estimate of drug-likeness (QED) is 0.433. The van der Waals surface area contributed by atoms with Crippen molar-refractivity contribution in [3.05, 3.63) is 54.1 Å². The molecule has 0 aliphatic carbocycles. The zero-order chi connectivity index (χ0) is 24.1. The largest absolute Gasteiger partial charge is 0.459 e. The van der Waals surface area contributed by atoms with Gasteiger partial charge in [-0.2, -0.15) is 4.72 Å². The Hall–Kier alpha value is -2.36. The Labute approximate surface area is 194 Å². The maximum absolute atomic E-state index is 12.8. The van der Waals surface area contributed by atoms with Crippen LogP contribution < -0.4 is 10.0 Å². The Balaban J connectivity index is 2.12. The molecule has 0 aromatic heterocycles. The van der Waals surface area contributed by atoms with E-state index >= 15 is 0 Å². The van der Waals surface area contributed by atoms with Crippen LogP contribution >= 0.6 is 11.8 Å². The maximum atomic E-state index is 12.8. The number of benzene rings is 2. The summed E-state index contributed by atoms with van der Waals surface area (Å²) in [7, 11) is -3.98. The molecule has 0 bridgehead atoms. The lowest BCUT2D eigenvalue weighted by molar-refractivity contribution is -0.158. The van der Waals surface area contributed by atoms with Gasteiger partial charge in [0.1, 0.15) is 11.6 Å². The van der Waals surface area contributed by atoms with Gasteiger partial charge in [-0.05, 0) is 81.5 Å². The number of nitrogens with one attached hydrogen (secondary N) is 2. The summed E-state index contributed by atoms with van der Waals surface area (Å²) >= 11 is 1.58. The number of amides is 1. The first-order valence-electron chi connectivity index (χ1n) is 10.1. The Morgan fingerprint density at radius 2 is 1.53 bits per heavy atom. The normalized spacial score (nSPS) is 13.0. The lowest BCUT2D eigenvalue weighted by Gasteiger charge is -2.26. The number of hydrogen-bond donors (Lipinski definition) is 2. The molecule has 0 heterocycles. The molecular weight excluding hydrogens is 448 g/mol. The van der Waals surface area contributed by atoms with Gasteiger partial charge in [-0.3, -0.25) is 9.59 Å². The van der Waals surface area contributed by atoms with Crippen molar-refractivity contribution < 1.29 is 22.7 Å². The van der Waals surface area contributed by atoms with Crippen LogP contribution in [0.3, 0.4) is 0 Å². The van der Waals surface area contributed by atoms with Crippen LogP contribution in [0.5, 0.6) is 0 Å². The Morgan fingerprint density at radius 1 is 0.969 bits per heavy atom. The average Bonchev–Trinajstić information content (AvgIpc) is 2.71. The molecule has 0 fully saturated rings. The fourth-order valence-electron chi connectivity index (χ4n) is 2.72. The number of hydrogen-bond acceptors (Lipinski definition) is 6. The highest BCUT2D eigenvalue weighted by Gasteiger charge is 2.32. The monoisotopic (exact) mass is 478 g/mol. The van der Waals surface area contributed by atoms with Crippen LogP contribution in [0.15, 0.2) is 58.3 Å². The van der Waals surface area contributed by atoms with E-state index in [-0.39, 0.29) is 16.7 Å². The molecular formula is C23H30N2O5S2. The first kappa shape index (κ1) is 25.9. The predicted octanol–water partition coefficient (Wildman–Crippen LogP) is 4.31. The highest BCUT2D eigenvalue weighted by molar-refractivity contribution is 7.98. The van der Waals surface area contributed by atoms with E-state index in [1.54, 1.807) is 58.5 Å². The SMILES string of the molecule is CSc1ccc(C(=O)Nc2ccc(S(=O)(=O)NC(C(=O)OC(C)(C)C)C(C)C)cc2)cc1. The van der Waals surface area contributed by atoms with Crippen LogP contribution in [0.4, 0.5) is 5.69 Å². The molecule has 7 nitrogen and oxygen atoms in total. The van der Waals surface area contributed by atoms with E-state index in [9.17, 15) is 18.0 Å². The van der Waals surface area contributed by atoms with Crippen molar-refractivity contribution in [1.29, 1.82) is 0 Å². The van der Waals surface area contributed by atoms with Crippen LogP contribution in [-0.4, -0.2) is 38.2 Å². The van der Waals surface area contributed by atoms with Crippen LogP contribution in [-0.2, 0) is 19.6 Å². The summed E-state index contributed by atoms with van der Waals surface area (Å²) in [4.78, 5) is 25.9. The standard InChI is InChI=1S/C23H30N2O5S2/c1-15(2)20(22(27)30-23(3,4)5)25-32(28,29)19-13-9-17(10-14-19)24-21(26)16-7-11-18(31-6)12-8-16/h7-15,20,25H,1-6H3,(H,24,26). The molecule has 9 heteroatoms. The third-order valence-corrected chi connectivity index (χ3v) is 6.58. The summed E-state index contributed by atoms with van der Waals surface area (Å²) in [6.07, 6.45) is 1.95. The molecule has 0 saturated heterocycles. The van der Waals surface area contributed by atoms with Gasteiger partial charge in [0.15, 0.2) is 0 Å². The number of sulfonamides is 1.